The number of allylic oxidation sites excluding steroid dienone is 2. The largest absolute Gasteiger partial charge is 0.293 e. The molecule has 1 heterocycles. The highest BCUT2D eigenvalue weighted by Crippen LogP contribution is 2.16. The molecule has 0 saturated heterocycles. The summed E-state index contributed by atoms with van der Waals surface area (Å²) >= 11 is 0. The molecule has 1 rings (SSSR count). The molecule has 0 aromatic rings. The quantitative estimate of drug-likeness (QED) is 0.614. The second-order valence-electron chi connectivity index (χ2n) is 3.80. The molecule has 0 spiro atoms. The lowest BCUT2D eigenvalue weighted by molar-refractivity contribution is 0.539. The molecular weight excluding hydrogens is 172 g/mol. The normalized spacial score (nSPS) is 24.1. The van der Waals surface area contributed by atoms with Crippen molar-refractivity contribution >= 4 is 11.9 Å². The topological polar surface area (TPSA) is 24.7 Å². The average Bonchev–Trinajstić information content (AvgIpc) is 2.21. The maximum absolute atomic E-state index is 4.59. The van der Waals surface area contributed by atoms with Crippen molar-refractivity contribution in [3.05, 3.63) is 11.6 Å². The molecular formula is C12H20N2. The standard InChI is InChI=1S/C12H20N2/c1-4-11(9-13-5-2)12-7-6-10(3)8-14-12/h4,9-10H,5-8H2,1-3H3/b11-4+,13-9?. The van der Waals surface area contributed by atoms with Crippen LogP contribution in [-0.4, -0.2) is 25.0 Å². The molecule has 0 saturated carbocycles. The van der Waals surface area contributed by atoms with E-state index in [0.717, 1.165) is 25.4 Å². The predicted octanol–water partition coefficient (Wildman–Crippen LogP) is 2.89. The van der Waals surface area contributed by atoms with E-state index in [1.807, 2.05) is 6.21 Å². The van der Waals surface area contributed by atoms with Crippen LogP contribution in [0.4, 0.5) is 0 Å². The Morgan fingerprint density at radius 3 is 2.93 bits per heavy atom. The van der Waals surface area contributed by atoms with Crippen molar-refractivity contribution in [2.75, 3.05) is 13.1 Å². The van der Waals surface area contributed by atoms with E-state index in [2.05, 4.69) is 36.8 Å². The van der Waals surface area contributed by atoms with Crippen LogP contribution in [0.3, 0.4) is 0 Å². The summed E-state index contributed by atoms with van der Waals surface area (Å²) in [5.74, 6) is 0.750. The molecule has 0 aromatic heterocycles. The van der Waals surface area contributed by atoms with E-state index in [1.54, 1.807) is 0 Å². The van der Waals surface area contributed by atoms with Gasteiger partial charge >= 0.3 is 0 Å². The van der Waals surface area contributed by atoms with Crippen molar-refractivity contribution in [3.63, 3.8) is 0 Å². The zero-order valence-electron chi connectivity index (χ0n) is 9.45. The molecule has 0 fully saturated rings. The van der Waals surface area contributed by atoms with E-state index in [4.69, 9.17) is 0 Å². The van der Waals surface area contributed by atoms with Gasteiger partial charge < -0.3 is 0 Å². The van der Waals surface area contributed by atoms with Gasteiger partial charge in [-0.15, -0.1) is 0 Å². The third-order valence-electron chi connectivity index (χ3n) is 2.52. The van der Waals surface area contributed by atoms with E-state index in [0.29, 0.717) is 0 Å². The SMILES string of the molecule is C/C=C(\C=NCC)C1=NCC(C)CC1. The lowest BCUT2D eigenvalue weighted by Crippen LogP contribution is -2.15. The monoisotopic (exact) mass is 192 g/mol. The minimum atomic E-state index is 0.750. The van der Waals surface area contributed by atoms with E-state index in [1.165, 1.54) is 17.7 Å². The molecule has 1 aliphatic rings. The van der Waals surface area contributed by atoms with Gasteiger partial charge in [-0.3, -0.25) is 9.98 Å². The Morgan fingerprint density at radius 1 is 1.64 bits per heavy atom. The highest BCUT2D eigenvalue weighted by atomic mass is 14.8. The van der Waals surface area contributed by atoms with Gasteiger partial charge in [0.05, 0.1) is 0 Å². The van der Waals surface area contributed by atoms with Crippen LogP contribution in [0.1, 0.15) is 33.6 Å². The summed E-state index contributed by atoms with van der Waals surface area (Å²) in [5.41, 5.74) is 2.45. The Labute approximate surface area is 86.8 Å². The molecule has 0 aromatic carbocycles. The minimum Gasteiger partial charge on any atom is -0.293 e. The molecule has 0 N–H and O–H groups in total. The third-order valence-corrected chi connectivity index (χ3v) is 2.52. The minimum absolute atomic E-state index is 0.750. The van der Waals surface area contributed by atoms with E-state index in [-0.39, 0.29) is 0 Å². The maximum atomic E-state index is 4.59. The number of aliphatic imine (C=N–C) groups is 2. The van der Waals surface area contributed by atoms with Crippen molar-refractivity contribution < 1.29 is 0 Å². The van der Waals surface area contributed by atoms with Crippen molar-refractivity contribution in [2.24, 2.45) is 15.9 Å². The highest BCUT2D eigenvalue weighted by molar-refractivity contribution is 6.16. The van der Waals surface area contributed by atoms with Crippen LogP contribution in [0, 0.1) is 5.92 Å². The Balaban J connectivity index is 2.67. The summed E-state index contributed by atoms with van der Waals surface area (Å²) in [6.45, 7) is 8.19. The predicted molar refractivity (Wildman–Crippen MR) is 63.5 cm³/mol. The number of hydrogen-bond donors (Lipinski definition) is 0. The molecule has 0 aliphatic carbocycles. The molecule has 0 radical (unpaired) electrons. The fraction of sp³-hybridized carbons (Fsp3) is 0.667. The first-order chi connectivity index (χ1) is 6.77. The van der Waals surface area contributed by atoms with Crippen molar-refractivity contribution in [2.45, 2.75) is 33.6 Å². The van der Waals surface area contributed by atoms with Crippen LogP contribution < -0.4 is 0 Å². The van der Waals surface area contributed by atoms with E-state index < -0.39 is 0 Å². The second kappa shape index (κ2) is 5.74. The van der Waals surface area contributed by atoms with Crippen LogP contribution in [-0.2, 0) is 0 Å². The zero-order valence-corrected chi connectivity index (χ0v) is 9.45. The zero-order chi connectivity index (χ0) is 10.4. The van der Waals surface area contributed by atoms with Gasteiger partial charge in [0.15, 0.2) is 0 Å². The first-order valence-electron chi connectivity index (χ1n) is 5.47. The molecule has 0 amide bonds. The lowest BCUT2D eigenvalue weighted by atomic mass is 9.96. The summed E-state index contributed by atoms with van der Waals surface area (Å²) < 4.78 is 0. The molecule has 1 unspecified atom stereocenters. The van der Waals surface area contributed by atoms with E-state index >= 15 is 0 Å². The van der Waals surface area contributed by atoms with Crippen LogP contribution in [0.5, 0.6) is 0 Å². The van der Waals surface area contributed by atoms with Crippen molar-refractivity contribution in [1.29, 1.82) is 0 Å². The average molecular weight is 192 g/mol. The Morgan fingerprint density at radius 2 is 2.43 bits per heavy atom. The fourth-order valence-electron chi connectivity index (χ4n) is 1.56. The highest BCUT2D eigenvalue weighted by Gasteiger charge is 2.12. The van der Waals surface area contributed by atoms with Gasteiger partial charge in [0.25, 0.3) is 0 Å². The lowest BCUT2D eigenvalue weighted by Gasteiger charge is -2.17. The summed E-state index contributed by atoms with van der Waals surface area (Å²) in [7, 11) is 0. The molecule has 2 heteroatoms. The van der Waals surface area contributed by atoms with Gasteiger partial charge in [0.2, 0.25) is 0 Å². The van der Waals surface area contributed by atoms with Gasteiger partial charge in [0, 0.05) is 30.6 Å². The Hall–Kier alpha value is -0.920. The second-order valence-corrected chi connectivity index (χ2v) is 3.80. The summed E-state index contributed by atoms with van der Waals surface area (Å²) in [6.07, 6.45) is 6.43. The molecule has 2 nitrogen and oxygen atoms in total. The summed E-state index contributed by atoms with van der Waals surface area (Å²) in [6, 6.07) is 0. The molecule has 1 atom stereocenters. The molecule has 78 valence electrons. The first kappa shape index (κ1) is 11.2. The molecule has 1 aliphatic heterocycles. The smallest absolute Gasteiger partial charge is 0.0432 e. The van der Waals surface area contributed by atoms with Crippen molar-refractivity contribution in [1.82, 2.24) is 0 Å². The Kier molecular flexibility index (Phi) is 4.57. The maximum Gasteiger partial charge on any atom is 0.0432 e. The third kappa shape index (κ3) is 3.09. The van der Waals surface area contributed by atoms with Crippen LogP contribution in [0.15, 0.2) is 21.6 Å². The van der Waals surface area contributed by atoms with Crippen LogP contribution >= 0.6 is 0 Å². The number of nitrogens with zero attached hydrogens (tertiary/aromatic N) is 2. The van der Waals surface area contributed by atoms with Crippen LogP contribution in [0.2, 0.25) is 0 Å². The van der Waals surface area contributed by atoms with Crippen molar-refractivity contribution in [3.8, 4) is 0 Å². The van der Waals surface area contributed by atoms with Gasteiger partial charge in [-0.1, -0.05) is 13.0 Å². The molecule has 14 heavy (non-hydrogen) atoms. The summed E-state index contributed by atoms with van der Waals surface area (Å²) in [4.78, 5) is 8.85. The van der Waals surface area contributed by atoms with E-state index in [9.17, 15) is 0 Å². The number of hydrogen-bond acceptors (Lipinski definition) is 2. The summed E-state index contributed by atoms with van der Waals surface area (Å²) in [5, 5.41) is 0. The van der Waals surface area contributed by atoms with Gasteiger partial charge in [0.1, 0.15) is 0 Å². The van der Waals surface area contributed by atoms with Crippen LogP contribution in [0.25, 0.3) is 0 Å². The van der Waals surface area contributed by atoms with Gasteiger partial charge in [-0.2, -0.15) is 0 Å². The van der Waals surface area contributed by atoms with Gasteiger partial charge in [-0.25, -0.2) is 0 Å². The fourth-order valence-corrected chi connectivity index (χ4v) is 1.56. The van der Waals surface area contributed by atoms with Gasteiger partial charge in [-0.05, 0) is 32.6 Å². The number of rotatable bonds is 3. The molecule has 0 bridgehead atoms. The Bertz CT molecular complexity index is 261. The first-order valence-corrected chi connectivity index (χ1v) is 5.47.